The fraction of sp³-hybridized carbons (Fsp3) is 0.235. The lowest BCUT2D eigenvalue weighted by Gasteiger charge is -2.27. The molecule has 0 bridgehead atoms. The third kappa shape index (κ3) is 2.63. The first-order valence-electron chi connectivity index (χ1n) is 7.38. The lowest BCUT2D eigenvalue weighted by atomic mass is 10.1. The fourth-order valence-corrected chi connectivity index (χ4v) is 2.76. The second-order valence-corrected chi connectivity index (χ2v) is 5.46. The van der Waals surface area contributed by atoms with Crippen LogP contribution >= 0.6 is 0 Å². The average molecular weight is 292 g/mol. The summed E-state index contributed by atoms with van der Waals surface area (Å²) in [6, 6.07) is 7.86. The Kier molecular flexibility index (Phi) is 3.40. The van der Waals surface area contributed by atoms with E-state index in [-0.39, 0.29) is 0 Å². The number of furan rings is 1. The maximum absolute atomic E-state index is 5.39. The molecule has 0 radical (unpaired) electrons. The number of rotatable bonds is 3. The van der Waals surface area contributed by atoms with Crippen LogP contribution in [0.15, 0.2) is 53.5 Å². The summed E-state index contributed by atoms with van der Waals surface area (Å²) in [5.41, 5.74) is 3.61. The van der Waals surface area contributed by atoms with Crippen molar-refractivity contribution in [3.8, 4) is 11.6 Å². The molecule has 1 aliphatic rings. The van der Waals surface area contributed by atoms with Crippen molar-refractivity contribution in [2.45, 2.75) is 19.5 Å². The van der Waals surface area contributed by atoms with E-state index in [1.165, 1.54) is 11.1 Å². The molecule has 5 nitrogen and oxygen atoms in total. The van der Waals surface area contributed by atoms with Crippen molar-refractivity contribution in [1.82, 2.24) is 19.9 Å². The molecule has 0 amide bonds. The van der Waals surface area contributed by atoms with E-state index in [2.05, 4.69) is 32.0 Å². The first-order chi connectivity index (χ1) is 10.9. The summed E-state index contributed by atoms with van der Waals surface area (Å²) in [6.07, 6.45) is 8.24. The van der Waals surface area contributed by atoms with E-state index < -0.39 is 0 Å². The highest BCUT2D eigenvalue weighted by Gasteiger charge is 2.19. The summed E-state index contributed by atoms with van der Waals surface area (Å²) in [6.45, 7) is 2.79. The minimum atomic E-state index is 0.662. The van der Waals surface area contributed by atoms with Crippen LogP contribution in [-0.2, 0) is 19.5 Å². The highest BCUT2D eigenvalue weighted by molar-refractivity contribution is 5.46. The Bertz CT molecular complexity index is 756. The molecule has 5 heteroatoms. The van der Waals surface area contributed by atoms with Gasteiger partial charge in [-0.15, -0.1) is 0 Å². The highest BCUT2D eigenvalue weighted by atomic mass is 16.3. The number of nitrogens with zero attached hydrogens (tertiary/aromatic N) is 4. The van der Waals surface area contributed by atoms with E-state index in [1.807, 2.05) is 30.7 Å². The Balaban J connectivity index is 1.55. The van der Waals surface area contributed by atoms with Crippen molar-refractivity contribution in [3.63, 3.8) is 0 Å². The van der Waals surface area contributed by atoms with Gasteiger partial charge in [0.25, 0.3) is 0 Å². The van der Waals surface area contributed by atoms with E-state index in [0.29, 0.717) is 11.6 Å². The Labute approximate surface area is 128 Å². The van der Waals surface area contributed by atoms with Gasteiger partial charge >= 0.3 is 0 Å². The normalized spacial score (nSPS) is 14.7. The zero-order valence-electron chi connectivity index (χ0n) is 12.1. The van der Waals surface area contributed by atoms with Gasteiger partial charge in [0.05, 0.1) is 12.0 Å². The monoisotopic (exact) mass is 292 g/mol. The van der Waals surface area contributed by atoms with Crippen LogP contribution in [-0.4, -0.2) is 26.4 Å². The quantitative estimate of drug-likeness (QED) is 0.743. The topological polar surface area (TPSA) is 55.1 Å². The zero-order valence-corrected chi connectivity index (χ0v) is 12.1. The summed E-state index contributed by atoms with van der Waals surface area (Å²) in [7, 11) is 0. The molecule has 3 aromatic heterocycles. The summed E-state index contributed by atoms with van der Waals surface area (Å²) < 4.78 is 5.39. The van der Waals surface area contributed by atoms with E-state index in [0.717, 1.165) is 31.7 Å². The Morgan fingerprint density at radius 1 is 1.18 bits per heavy atom. The number of aromatic nitrogens is 3. The smallest absolute Gasteiger partial charge is 0.195 e. The minimum Gasteiger partial charge on any atom is -0.461 e. The molecule has 0 atom stereocenters. The van der Waals surface area contributed by atoms with Crippen LogP contribution in [0.3, 0.4) is 0 Å². The third-order valence-electron chi connectivity index (χ3n) is 3.92. The van der Waals surface area contributed by atoms with Crippen LogP contribution in [0, 0.1) is 0 Å². The highest BCUT2D eigenvalue weighted by Crippen LogP contribution is 2.22. The SMILES string of the molecule is c1coc(-c2ncc3c(n2)CN(Cc2ccncc2)CC3)c1. The fourth-order valence-electron chi connectivity index (χ4n) is 2.76. The second kappa shape index (κ2) is 5.69. The predicted octanol–water partition coefficient (Wildman–Crippen LogP) is 2.69. The van der Waals surface area contributed by atoms with Gasteiger partial charge in [0.2, 0.25) is 0 Å². The Morgan fingerprint density at radius 3 is 2.91 bits per heavy atom. The van der Waals surface area contributed by atoms with E-state index >= 15 is 0 Å². The standard InChI is InChI=1S/C17H16N4O/c1-2-16(22-9-1)17-19-10-14-5-8-21(12-15(14)20-17)11-13-3-6-18-7-4-13/h1-4,6-7,9-10H,5,8,11-12H2. The molecule has 3 aromatic rings. The van der Waals surface area contributed by atoms with E-state index in [1.54, 1.807) is 6.26 Å². The van der Waals surface area contributed by atoms with E-state index in [9.17, 15) is 0 Å². The third-order valence-corrected chi connectivity index (χ3v) is 3.92. The van der Waals surface area contributed by atoms with Crippen LogP contribution in [0.1, 0.15) is 16.8 Å². The van der Waals surface area contributed by atoms with Crippen molar-refractivity contribution < 1.29 is 4.42 Å². The van der Waals surface area contributed by atoms with Gasteiger partial charge in [-0.25, -0.2) is 9.97 Å². The Morgan fingerprint density at radius 2 is 2.09 bits per heavy atom. The Hall–Kier alpha value is -2.53. The van der Waals surface area contributed by atoms with Crippen LogP contribution in [0.25, 0.3) is 11.6 Å². The molecule has 22 heavy (non-hydrogen) atoms. The van der Waals surface area contributed by atoms with Crippen molar-refractivity contribution in [3.05, 3.63) is 65.9 Å². The van der Waals surface area contributed by atoms with Crippen LogP contribution in [0.5, 0.6) is 0 Å². The minimum absolute atomic E-state index is 0.662. The zero-order chi connectivity index (χ0) is 14.8. The molecule has 0 spiro atoms. The summed E-state index contributed by atoms with van der Waals surface area (Å²) in [5.74, 6) is 1.38. The lowest BCUT2D eigenvalue weighted by molar-refractivity contribution is 0.241. The molecule has 0 saturated heterocycles. The summed E-state index contributed by atoms with van der Waals surface area (Å²) in [5, 5.41) is 0. The predicted molar refractivity (Wildman–Crippen MR) is 81.8 cm³/mol. The van der Waals surface area contributed by atoms with Gasteiger partial charge in [-0.1, -0.05) is 0 Å². The molecule has 1 aliphatic heterocycles. The van der Waals surface area contributed by atoms with Gasteiger partial charge in [0.1, 0.15) is 0 Å². The van der Waals surface area contributed by atoms with Crippen molar-refractivity contribution >= 4 is 0 Å². The molecular formula is C17H16N4O. The van der Waals surface area contributed by atoms with Crippen molar-refractivity contribution in [1.29, 1.82) is 0 Å². The lowest BCUT2D eigenvalue weighted by Crippen LogP contribution is -2.31. The molecule has 0 unspecified atom stereocenters. The van der Waals surface area contributed by atoms with E-state index in [4.69, 9.17) is 4.42 Å². The van der Waals surface area contributed by atoms with Gasteiger partial charge in [-0.3, -0.25) is 9.88 Å². The molecule has 0 fully saturated rings. The molecule has 4 rings (SSSR count). The second-order valence-electron chi connectivity index (χ2n) is 5.46. The molecule has 0 aromatic carbocycles. The first kappa shape index (κ1) is 13.2. The van der Waals surface area contributed by atoms with Crippen LogP contribution in [0.4, 0.5) is 0 Å². The molecule has 4 heterocycles. The number of fused-ring (bicyclic) bond motifs is 1. The van der Waals surface area contributed by atoms with Gasteiger partial charge in [0, 0.05) is 38.2 Å². The molecule has 0 aliphatic carbocycles. The molecule has 0 saturated carbocycles. The van der Waals surface area contributed by atoms with Crippen molar-refractivity contribution in [2.75, 3.05) is 6.54 Å². The molecule has 110 valence electrons. The van der Waals surface area contributed by atoms with Crippen LogP contribution in [0.2, 0.25) is 0 Å². The molecular weight excluding hydrogens is 276 g/mol. The largest absolute Gasteiger partial charge is 0.461 e. The van der Waals surface area contributed by atoms with Gasteiger partial charge in [0.15, 0.2) is 11.6 Å². The number of hydrogen-bond acceptors (Lipinski definition) is 5. The number of hydrogen-bond donors (Lipinski definition) is 0. The maximum atomic E-state index is 5.39. The molecule has 0 N–H and O–H groups in total. The van der Waals surface area contributed by atoms with Gasteiger partial charge in [-0.2, -0.15) is 0 Å². The summed E-state index contributed by atoms with van der Waals surface area (Å²) >= 11 is 0. The van der Waals surface area contributed by atoms with Gasteiger partial charge < -0.3 is 4.42 Å². The maximum Gasteiger partial charge on any atom is 0.195 e. The number of pyridine rings is 1. The van der Waals surface area contributed by atoms with Gasteiger partial charge in [-0.05, 0) is 41.8 Å². The first-order valence-corrected chi connectivity index (χ1v) is 7.38. The average Bonchev–Trinajstić information content (AvgIpc) is 3.10. The van der Waals surface area contributed by atoms with Crippen molar-refractivity contribution in [2.24, 2.45) is 0 Å². The van der Waals surface area contributed by atoms with Crippen LogP contribution < -0.4 is 0 Å². The summed E-state index contributed by atoms with van der Waals surface area (Å²) in [4.78, 5) is 15.6.